The minimum absolute atomic E-state index is 0.417. The van der Waals surface area contributed by atoms with Crippen molar-refractivity contribution in [1.29, 1.82) is 5.26 Å². The zero-order valence-electron chi connectivity index (χ0n) is 11.5. The van der Waals surface area contributed by atoms with Crippen LogP contribution in [0.3, 0.4) is 0 Å². The summed E-state index contributed by atoms with van der Waals surface area (Å²) in [7, 11) is 0. The Balaban J connectivity index is 1.63. The van der Waals surface area contributed by atoms with E-state index in [2.05, 4.69) is 16.7 Å². The first-order valence-corrected chi connectivity index (χ1v) is 7.43. The van der Waals surface area contributed by atoms with Crippen LogP contribution in [0.15, 0.2) is 18.2 Å². The Kier molecular flexibility index (Phi) is 6.13. The molecule has 2 rings (SSSR count). The Labute approximate surface area is 125 Å². The molecule has 0 atom stereocenters. The summed E-state index contributed by atoms with van der Waals surface area (Å²) in [5, 5.41) is 15.9. The molecule has 0 aliphatic carbocycles. The normalized spacial score (nSPS) is 15.8. The minimum atomic E-state index is 0.417. The summed E-state index contributed by atoms with van der Waals surface area (Å²) in [6.07, 6.45) is 3.60. The van der Waals surface area contributed by atoms with Crippen LogP contribution in [0, 0.1) is 11.3 Å². The van der Waals surface area contributed by atoms with Gasteiger partial charge in [0.25, 0.3) is 0 Å². The third-order valence-electron chi connectivity index (χ3n) is 3.38. The van der Waals surface area contributed by atoms with Crippen LogP contribution in [0.5, 0.6) is 0 Å². The van der Waals surface area contributed by atoms with Crippen molar-refractivity contribution in [3.63, 3.8) is 0 Å². The summed E-state index contributed by atoms with van der Waals surface area (Å²) in [4.78, 5) is 0. The average Bonchev–Trinajstić information content (AvgIpc) is 2.48. The van der Waals surface area contributed by atoms with Crippen molar-refractivity contribution in [2.24, 2.45) is 0 Å². The van der Waals surface area contributed by atoms with Crippen LogP contribution < -0.4 is 10.6 Å². The molecule has 1 heterocycles. The lowest BCUT2D eigenvalue weighted by Crippen LogP contribution is -2.32. The second-order valence-corrected chi connectivity index (χ2v) is 5.31. The number of rotatable bonds is 6. The van der Waals surface area contributed by atoms with E-state index in [1.165, 1.54) is 0 Å². The molecule has 5 heteroatoms. The second kappa shape index (κ2) is 8.11. The van der Waals surface area contributed by atoms with Crippen LogP contribution in [-0.2, 0) is 4.74 Å². The maximum Gasteiger partial charge on any atom is 0.101 e. The Hall–Kier alpha value is -1.28. The number of nitrogens with zero attached hydrogens (tertiary/aromatic N) is 1. The van der Waals surface area contributed by atoms with Crippen LogP contribution in [0.1, 0.15) is 24.8 Å². The maximum atomic E-state index is 8.80. The summed E-state index contributed by atoms with van der Waals surface area (Å²) in [6, 6.07) is 7.44. The van der Waals surface area contributed by atoms with Crippen LogP contribution >= 0.6 is 11.6 Å². The van der Waals surface area contributed by atoms with E-state index in [0.29, 0.717) is 16.7 Å². The van der Waals surface area contributed by atoms with E-state index in [0.717, 1.165) is 51.2 Å². The molecular formula is C15H20ClN3O. The van der Waals surface area contributed by atoms with Gasteiger partial charge in [-0.15, -0.1) is 0 Å². The van der Waals surface area contributed by atoms with E-state index < -0.39 is 0 Å². The lowest BCUT2D eigenvalue weighted by molar-refractivity contribution is 0.0329. The highest BCUT2D eigenvalue weighted by molar-refractivity contribution is 6.32. The van der Waals surface area contributed by atoms with E-state index >= 15 is 0 Å². The summed E-state index contributed by atoms with van der Waals surface area (Å²) in [5.41, 5.74) is 1.45. The predicted octanol–water partition coefficient (Wildman–Crippen LogP) is 2.78. The molecule has 0 amide bonds. The third kappa shape index (κ3) is 4.68. The van der Waals surface area contributed by atoms with Gasteiger partial charge in [-0.3, -0.25) is 0 Å². The van der Waals surface area contributed by atoms with E-state index in [4.69, 9.17) is 21.6 Å². The first kappa shape index (κ1) is 15.1. The van der Waals surface area contributed by atoms with Crippen LogP contribution in [-0.4, -0.2) is 32.3 Å². The zero-order valence-corrected chi connectivity index (χ0v) is 12.2. The van der Waals surface area contributed by atoms with Crippen molar-refractivity contribution >= 4 is 17.3 Å². The molecule has 0 aromatic heterocycles. The summed E-state index contributed by atoms with van der Waals surface area (Å²) in [5.74, 6) is 0. The third-order valence-corrected chi connectivity index (χ3v) is 3.69. The highest BCUT2D eigenvalue weighted by atomic mass is 35.5. The van der Waals surface area contributed by atoms with Crippen molar-refractivity contribution in [2.45, 2.75) is 25.4 Å². The van der Waals surface area contributed by atoms with Crippen molar-refractivity contribution in [1.82, 2.24) is 5.32 Å². The fourth-order valence-corrected chi connectivity index (χ4v) is 2.46. The van der Waals surface area contributed by atoms with Crippen molar-refractivity contribution < 1.29 is 4.74 Å². The Morgan fingerprint density at radius 3 is 2.90 bits per heavy atom. The van der Waals surface area contributed by atoms with E-state index in [-0.39, 0.29) is 0 Å². The number of hydrogen-bond donors (Lipinski definition) is 2. The topological polar surface area (TPSA) is 57.1 Å². The van der Waals surface area contributed by atoms with Crippen molar-refractivity contribution in [3.8, 4) is 6.07 Å². The Morgan fingerprint density at radius 1 is 1.40 bits per heavy atom. The molecule has 1 aromatic carbocycles. The molecule has 0 saturated carbocycles. The highest BCUT2D eigenvalue weighted by Crippen LogP contribution is 2.20. The molecule has 1 aliphatic heterocycles. The number of halogens is 1. The minimum Gasteiger partial charge on any atom is -0.385 e. The van der Waals surface area contributed by atoms with Gasteiger partial charge >= 0.3 is 0 Å². The van der Waals surface area contributed by atoms with Gasteiger partial charge in [-0.2, -0.15) is 5.26 Å². The molecule has 0 radical (unpaired) electrons. The number of benzene rings is 1. The van der Waals surface area contributed by atoms with Crippen LogP contribution in [0.25, 0.3) is 0 Å². The number of piperidine rings is 1. The molecule has 4 nitrogen and oxygen atoms in total. The fraction of sp³-hybridized carbons (Fsp3) is 0.533. The number of nitriles is 1. The molecule has 1 saturated heterocycles. The first-order chi connectivity index (χ1) is 9.79. The van der Waals surface area contributed by atoms with Crippen LogP contribution in [0.2, 0.25) is 5.02 Å². The smallest absolute Gasteiger partial charge is 0.101 e. The van der Waals surface area contributed by atoms with E-state index in [1.54, 1.807) is 12.1 Å². The molecule has 108 valence electrons. The number of nitrogens with one attached hydrogen (secondary N) is 2. The van der Waals surface area contributed by atoms with Gasteiger partial charge in [0.1, 0.15) is 6.07 Å². The lowest BCUT2D eigenvalue weighted by Gasteiger charge is -2.22. The Morgan fingerprint density at radius 2 is 2.20 bits per heavy atom. The van der Waals surface area contributed by atoms with Gasteiger partial charge in [-0.1, -0.05) is 11.6 Å². The molecule has 0 unspecified atom stereocenters. The molecular weight excluding hydrogens is 274 g/mol. The quantitative estimate of drug-likeness (QED) is 0.792. The van der Waals surface area contributed by atoms with Gasteiger partial charge in [0, 0.05) is 18.8 Å². The molecule has 20 heavy (non-hydrogen) atoms. The molecule has 1 aliphatic rings. The van der Waals surface area contributed by atoms with Crippen molar-refractivity contribution in [3.05, 3.63) is 28.8 Å². The molecule has 2 N–H and O–H groups in total. The second-order valence-electron chi connectivity index (χ2n) is 4.91. The Bertz CT molecular complexity index is 467. The number of anilines is 1. The maximum absolute atomic E-state index is 8.80. The van der Waals surface area contributed by atoms with Gasteiger partial charge in [-0.25, -0.2) is 0 Å². The summed E-state index contributed by atoms with van der Waals surface area (Å²) < 4.78 is 5.83. The molecule has 1 aromatic rings. The first-order valence-electron chi connectivity index (χ1n) is 7.05. The monoisotopic (exact) mass is 293 g/mol. The zero-order chi connectivity index (χ0) is 14.2. The van der Waals surface area contributed by atoms with E-state index in [9.17, 15) is 0 Å². The molecule has 1 fully saturated rings. The lowest BCUT2D eigenvalue weighted by atomic mass is 10.1. The van der Waals surface area contributed by atoms with E-state index in [1.807, 2.05) is 6.07 Å². The molecule has 0 spiro atoms. The van der Waals surface area contributed by atoms with Gasteiger partial charge < -0.3 is 15.4 Å². The number of ether oxygens (including phenoxy) is 1. The standard InChI is InChI=1S/C15H20ClN3O/c16-15-10-13(3-2-12(15)11-17)19-6-1-9-20-14-4-7-18-8-5-14/h2-3,10,14,18-19H,1,4-9H2. The SMILES string of the molecule is N#Cc1ccc(NCCCOC2CCNCC2)cc1Cl. The fourth-order valence-electron chi connectivity index (χ4n) is 2.23. The number of hydrogen-bond acceptors (Lipinski definition) is 4. The van der Waals surface area contributed by atoms with Gasteiger partial charge in [0.15, 0.2) is 0 Å². The summed E-state index contributed by atoms with van der Waals surface area (Å²) >= 11 is 5.98. The molecule has 0 bridgehead atoms. The predicted molar refractivity (Wildman–Crippen MR) is 81.1 cm³/mol. The van der Waals surface area contributed by atoms with Crippen molar-refractivity contribution in [2.75, 3.05) is 31.6 Å². The van der Waals surface area contributed by atoms with Gasteiger partial charge in [-0.05, 0) is 50.6 Å². The summed E-state index contributed by atoms with van der Waals surface area (Å²) in [6.45, 7) is 3.74. The van der Waals surface area contributed by atoms with Gasteiger partial charge in [0.2, 0.25) is 0 Å². The highest BCUT2D eigenvalue weighted by Gasteiger charge is 2.12. The average molecular weight is 294 g/mol. The largest absolute Gasteiger partial charge is 0.385 e. The van der Waals surface area contributed by atoms with Gasteiger partial charge in [0.05, 0.1) is 16.7 Å². The van der Waals surface area contributed by atoms with Crippen LogP contribution in [0.4, 0.5) is 5.69 Å².